The standard InChI is InChI=1S/C13H19NO8/c1-9(15)22-8-14(13(18)21-4)10(12(17)20-3)6-5-7-11(16)19-2/h5,7,10H,6,8H2,1-4H3. The van der Waals surface area contributed by atoms with Crippen molar-refractivity contribution >= 4 is 24.0 Å². The van der Waals surface area contributed by atoms with E-state index >= 15 is 0 Å². The summed E-state index contributed by atoms with van der Waals surface area (Å²) >= 11 is 0. The van der Waals surface area contributed by atoms with Gasteiger partial charge in [-0.25, -0.2) is 14.4 Å². The van der Waals surface area contributed by atoms with Crippen molar-refractivity contribution in [3.63, 3.8) is 0 Å². The van der Waals surface area contributed by atoms with Gasteiger partial charge >= 0.3 is 24.0 Å². The Labute approximate surface area is 127 Å². The van der Waals surface area contributed by atoms with Crippen LogP contribution in [0, 0.1) is 0 Å². The molecule has 0 saturated carbocycles. The summed E-state index contributed by atoms with van der Waals surface area (Å²) in [4.78, 5) is 46.3. The Morgan fingerprint density at radius 2 is 1.68 bits per heavy atom. The van der Waals surface area contributed by atoms with Crippen LogP contribution in [0.15, 0.2) is 12.2 Å². The first-order valence-corrected chi connectivity index (χ1v) is 6.17. The highest BCUT2D eigenvalue weighted by Crippen LogP contribution is 2.10. The Morgan fingerprint density at radius 1 is 1.05 bits per heavy atom. The van der Waals surface area contributed by atoms with Crippen molar-refractivity contribution in [1.29, 1.82) is 0 Å². The first-order chi connectivity index (χ1) is 10.4. The maximum absolute atomic E-state index is 11.8. The normalized spacial score (nSPS) is 11.5. The van der Waals surface area contributed by atoms with Crippen molar-refractivity contribution in [1.82, 2.24) is 4.90 Å². The molecule has 0 aromatic carbocycles. The lowest BCUT2D eigenvalue weighted by Gasteiger charge is -2.27. The van der Waals surface area contributed by atoms with Gasteiger partial charge in [0.2, 0.25) is 0 Å². The van der Waals surface area contributed by atoms with E-state index in [2.05, 4.69) is 14.2 Å². The molecule has 0 aliphatic heterocycles. The first-order valence-electron chi connectivity index (χ1n) is 6.17. The third kappa shape index (κ3) is 6.73. The van der Waals surface area contributed by atoms with Gasteiger partial charge in [0.25, 0.3) is 0 Å². The van der Waals surface area contributed by atoms with Crippen LogP contribution in [0.3, 0.4) is 0 Å². The molecule has 0 aliphatic rings. The molecule has 0 aromatic rings. The fourth-order valence-corrected chi connectivity index (χ4v) is 1.40. The van der Waals surface area contributed by atoms with Crippen LogP contribution in [0.5, 0.6) is 0 Å². The van der Waals surface area contributed by atoms with Crippen molar-refractivity contribution in [2.45, 2.75) is 19.4 Å². The summed E-state index contributed by atoms with van der Waals surface area (Å²) in [5.41, 5.74) is 0. The highest BCUT2D eigenvalue weighted by molar-refractivity contribution is 5.83. The van der Waals surface area contributed by atoms with E-state index in [-0.39, 0.29) is 6.42 Å². The zero-order chi connectivity index (χ0) is 17.1. The highest BCUT2D eigenvalue weighted by atomic mass is 16.6. The molecule has 22 heavy (non-hydrogen) atoms. The molecular weight excluding hydrogens is 298 g/mol. The summed E-state index contributed by atoms with van der Waals surface area (Å²) in [6, 6.07) is -1.13. The Morgan fingerprint density at radius 3 is 2.14 bits per heavy atom. The van der Waals surface area contributed by atoms with Gasteiger partial charge < -0.3 is 18.9 Å². The van der Waals surface area contributed by atoms with Crippen molar-refractivity contribution in [2.24, 2.45) is 0 Å². The van der Waals surface area contributed by atoms with Crippen LogP contribution in [-0.4, -0.2) is 63.0 Å². The largest absolute Gasteiger partial charge is 0.467 e. The lowest BCUT2D eigenvalue weighted by atomic mass is 10.2. The summed E-state index contributed by atoms with van der Waals surface area (Å²) < 4.78 is 18.3. The molecule has 0 heterocycles. The fraction of sp³-hybridized carbons (Fsp3) is 0.538. The molecule has 1 amide bonds. The van der Waals surface area contributed by atoms with E-state index < -0.39 is 36.8 Å². The number of amides is 1. The summed E-state index contributed by atoms with van der Waals surface area (Å²) in [7, 11) is 3.45. The maximum Gasteiger partial charge on any atom is 0.412 e. The predicted octanol–water partition coefficient (Wildman–Crippen LogP) is 0.236. The summed E-state index contributed by atoms with van der Waals surface area (Å²) in [5, 5.41) is 0. The third-order valence-electron chi connectivity index (χ3n) is 2.48. The van der Waals surface area contributed by atoms with Crippen LogP contribution in [0.1, 0.15) is 13.3 Å². The number of ether oxygens (including phenoxy) is 4. The highest BCUT2D eigenvalue weighted by Gasteiger charge is 2.31. The lowest BCUT2D eigenvalue weighted by Crippen LogP contribution is -2.46. The van der Waals surface area contributed by atoms with Crippen LogP contribution in [0.4, 0.5) is 4.79 Å². The minimum atomic E-state index is -1.13. The fourth-order valence-electron chi connectivity index (χ4n) is 1.40. The molecule has 0 radical (unpaired) electrons. The second-order valence-electron chi connectivity index (χ2n) is 3.91. The molecule has 9 heteroatoms. The topological polar surface area (TPSA) is 108 Å². The average Bonchev–Trinajstić information content (AvgIpc) is 2.51. The molecule has 0 bridgehead atoms. The lowest BCUT2D eigenvalue weighted by molar-refractivity contribution is -0.154. The monoisotopic (exact) mass is 317 g/mol. The van der Waals surface area contributed by atoms with E-state index in [1.165, 1.54) is 13.2 Å². The molecule has 0 aliphatic carbocycles. The molecule has 1 unspecified atom stereocenters. The van der Waals surface area contributed by atoms with E-state index in [4.69, 9.17) is 4.74 Å². The predicted molar refractivity (Wildman–Crippen MR) is 72.5 cm³/mol. The van der Waals surface area contributed by atoms with Gasteiger partial charge in [-0.15, -0.1) is 0 Å². The molecule has 0 rings (SSSR count). The van der Waals surface area contributed by atoms with Crippen LogP contribution in [-0.2, 0) is 33.3 Å². The molecule has 0 aromatic heterocycles. The number of rotatable bonds is 7. The van der Waals surface area contributed by atoms with Crippen LogP contribution in [0.25, 0.3) is 0 Å². The summed E-state index contributed by atoms with van der Waals surface area (Å²) in [5.74, 6) is -2.01. The molecule has 0 spiro atoms. The molecule has 124 valence electrons. The number of hydrogen-bond donors (Lipinski definition) is 0. The molecular formula is C13H19NO8. The van der Waals surface area contributed by atoms with Crippen LogP contribution >= 0.6 is 0 Å². The Kier molecular flexibility index (Phi) is 9.00. The number of carbonyl (C=O) groups excluding carboxylic acids is 4. The SMILES string of the molecule is COC(=O)C=CCC(C(=O)OC)N(COC(C)=O)C(=O)OC. The molecule has 9 nitrogen and oxygen atoms in total. The van der Waals surface area contributed by atoms with Crippen molar-refractivity contribution in [3.05, 3.63) is 12.2 Å². The van der Waals surface area contributed by atoms with Gasteiger partial charge in [0, 0.05) is 13.0 Å². The number of hydrogen-bond acceptors (Lipinski definition) is 8. The minimum Gasteiger partial charge on any atom is -0.467 e. The van der Waals surface area contributed by atoms with E-state index in [1.807, 2.05) is 0 Å². The first kappa shape index (κ1) is 19.4. The zero-order valence-electron chi connectivity index (χ0n) is 12.9. The molecule has 0 fully saturated rings. The van der Waals surface area contributed by atoms with Crippen LogP contribution in [0.2, 0.25) is 0 Å². The zero-order valence-corrected chi connectivity index (χ0v) is 12.9. The van der Waals surface area contributed by atoms with Crippen molar-refractivity contribution in [2.75, 3.05) is 28.1 Å². The third-order valence-corrected chi connectivity index (χ3v) is 2.48. The second kappa shape index (κ2) is 10.2. The van der Waals surface area contributed by atoms with Crippen LogP contribution < -0.4 is 0 Å². The van der Waals surface area contributed by atoms with E-state index in [0.717, 1.165) is 32.1 Å². The Balaban J connectivity index is 5.15. The minimum absolute atomic E-state index is 0.0574. The number of esters is 3. The quantitative estimate of drug-likeness (QED) is 0.284. The smallest absolute Gasteiger partial charge is 0.412 e. The number of nitrogens with zero attached hydrogens (tertiary/aromatic N) is 1. The van der Waals surface area contributed by atoms with Crippen molar-refractivity contribution in [3.8, 4) is 0 Å². The summed E-state index contributed by atoms with van der Waals surface area (Å²) in [6.07, 6.45) is 1.48. The Bertz CT molecular complexity index is 445. The van der Waals surface area contributed by atoms with Gasteiger partial charge in [-0.1, -0.05) is 6.08 Å². The second-order valence-corrected chi connectivity index (χ2v) is 3.91. The molecule has 0 N–H and O–H groups in total. The molecule has 0 saturated heterocycles. The van der Waals surface area contributed by atoms with Gasteiger partial charge in [0.15, 0.2) is 6.73 Å². The Hall–Kier alpha value is -2.58. The number of methoxy groups -OCH3 is 3. The number of carbonyl (C=O) groups is 4. The van der Waals surface area contributed by atoms with Gasteiger partial charge in [-0.3, -0.25) is 9.69 Å². The van der Waals surface area contributed by atoms with E-state index in [9.17, 15) is 19.2 Å². The van der Waals surface area contributed by atoms with Gasteiger partial charge in [-0.2, -0.15) is 0 Å². The summed E-state index contributed by atoms with van der Waals surface area (Å²) in [6.45, 7) is 0.660. The average molecular weight is 317 g/mol. The van der Waals surface area contributed by atoms with Gasteiger partial charge in [-0.05, 0) is 6.42 Å². The maximum atomic E-state index is 11.8. The van der Waals surface area contributed by atoms with E-state index in [1.54, 1.807) is 0 Å². The van der Waals surface area contributed by atoms with Gasteiger partial charge in [0.1, 0.15) is 6.04 Å². The molecule has 1 atom stereocenters. The van der Waals surface area contributed by atoms with E-state index in [0.29, 0.717) is 0 Å². The van der Waals surface area contributed by atoms with Gasteiger partial charge in [0.05, 0.1) is 21.3 Å². The van der Waals surface area contributed by atoms with Crippen molar-refractivity contribution < 1.29 is 38.1 Å².